The maximum Gasteiger partial charge on any atom is 0.123 e. The number of hydrogen-bond donors (Lipinski definition) is 1. The molecule has 0 amide bonds. The van der Waals surface area contributed by atoms with Crippen LogP contribution >= 0.6 is 0 Å². The normalized spacial score (nSPS) is 12.2. The van der Waals surface area contributed by atoms with E-state index in [1.807, 2.05) is 6.92 Å². The predicted octanol–water partition coefficient (Wildman–Crippen LogP) is 3.39. The third-order valence-electron chi connectivity index (χ3n) is 3.06. The molecule has 104 valence electrons. The van der Waals surface area contributed by atoms with Crippen molar-refractivity contribution in [2.75, 3.05) is 13.2 Å². The summed E-state index contributed by atoms with van der Waals surface area (Å²) in [6.45, 7) is 9.76. The zero-order valence-corrected chi connectivity index (χ0v) is 12.4. The van der Waals surface area contributed by atoms with Crippen LogP contribution < -0.4 is 10.1 Å². The predicted molar refractivity (Wildman–Crippen MR) is 78.5 cm³/mol. The summed E-state index contributed by atoms with van der Waals surface area (Å²) in [5, 5.41) is 12.1. The molecule has 0 aliphatic carbocycles. The Balaban J connectivity index is 2.62. The first kappa shape index (κ1) is 15.5. The molecule has 0 saturated carbocycles. The van der Waals surface area contributed by atoms with E-state index in [0.29, 0.717) is 18.9 Å². The Hall–Kier alpha value is -1.53. The summed E-state index contributed by atoms with van der Waals surface area (Å²) >= 11 is 0. The fraction of sp³-hybridized carbons (Fsp3) is 0.562. The third-order valence-corrected chi connectivity index (χ3v) is 3.06. The van der Waals surface area contributed by atoms with Crippen LogP contribution in [0.4, 0.5) is 0 Å². The molecule has 0 saturated heterocycles. The molecule has 0 heterocycles. The largest absolute Gasteiger partial charge is 0.493 e. The van der Waals surface area contributed by atoms with Crippen molar-refractivity contribution in [3.8, 4) is 11.8 Å². The van der Waals surface area contributed by atoms with Crippen LogP contribution in [0.25, 0.3) is 0 Å². The van der Waals surface area contributed by atoms with Crippen molar-refractivity contribution in [1.82, 2.24) is 5.32 Å². The van der Waals surface area contributed by atoms with Crippen molar-refractivity contribution in [2.24, 2.45) is 0 Å². The maximum atomic E-state index is 8.97. The summed E-state index contributed by atoms with van der Waals surface area (Å²) in [7, 11) is 0. The van der Waals surface area contributed by atoms with E-state index in [2.05, 4.69) is 50.4 Å². The summed E-state index contributed by atoms with van der Waals surface area (Å²) in [5.41, 5.74) is 2.42. The molecular formula is C16H24N2O. The molecule has 1 N–H and O–H groups in total. The van der Waals surface area contributed by atoms with Gasteiger partial charge in [-0.25, -0.2) is 0 Å². The van der Waals surface area contributed by atoms with Gasteiger partial charge in [0.15, 0.2) is 0 Å². The molecule has 1 atom stereocenters. The topological polar surface area (TPSA) is 45.0 Å². The summed E-state index contributed by atoms with van der Waals surface area (Å²) in [6, 6.07) is 8.43. The number of hydrogen-bond acceptors (Lipinski definition) is 3. The zero-order valence-electron chi connectivity index (χ0n) is 12.4. The number of nitriles is 1. The Bertz CT molecular complexity index is 435. The SMILES string of the molecule is CCNC(C#N)CCOc1cc(C)ccc1C(C)C. The van der Waals surface area contributed by atoms with Crippen molar-refractivity contribution in [2.45, 2.75) is 46.1 Å². The Kier molecular flexibility index (Phi) is 6.38. The molecule has 1 unspecified atom stereocenters. The average Bonchev–Trinajstić information content (AvgIpc) is 2.37. The van der Waals surface area contributed by atoms with Crippen LogP contribution in [0.2, 0.25) is 0 Å². The van der Waals surface area contributed by atoms with Crippen LogP contribution in [0.1, 0.15) is 44.2 Å². The van der Waals surface area contributed by atoms with Crippen LogP contribution in [0.15, 0.2) is 18.2 Å². The number of rotatable bonds is 7. The Labute approximate surface area is 116 Å². The first-order chi connectivity index (χ1) is 9.08. The first-order valence-electron chi connectivity index (χ1n) is 6.94. The van der Waals surface area contributed by atoms with Gasteiger partial charge in [0.25, 0.3) is 0 Å². The van der Waals surface area contributed by atoms with E-state index in [1.54, 1.807) is 0 Å². The van der Waals surface area contributed by atoms with Gasteiger partial charge in [-0.2, -0.15) is 5.26 Å². The van der Waals surface area contributed by atoms with Gasteiger partial charge in [-0.15, -0.1) is 0 Å². The second-order valence-electron chi connectivity index (χ2n) is 5.07. The zero-order chi connectivity index (χ0) is 14.3. The van der Waals surface area contributed by atoms with Gasteiger partial charge in [-0.05, 0) is 36.6 Å². The van der Waals surface area contributed by atoms with Crippen molar-refractivity contribution in [3.63, 3.8) is 0 Å². The summed E-state index contributed by atoms with van der Waals surface area (Å²) in [4.78, 5) is 0. The lowest BCUT2D eigenvalue weighted by Crippen LogP contribution is -2.28. The molecule has 3 heteroatoms. The molecule has 0 aliphatic rings. The van der Waals surface area contributed by atoms with E-state index in [9.17, 15) is 0 Å². The first-order valence-corrected chi connectivity index (χ1v) is 6.94. The van der Waals surface area contributed by atoms with E-state index in [-0.39, 0.29) is 6.04 Å². The van der Waals surface area contributed by atoms with Gasteiger partial charge in [0.1, 0.15) is 5.75 Å². The second kappa shape index (κ2) is 7.81. The van der Waals surface area contributed by atoms with Gasteiger partial charge >= 0.3 is 0 Å². The molecule has 1 aromatic carbocycles. The number of aryl methyl sites for hydroxylation is 1. The van der Waals surface area contributed by atoms with Crippen molar-refractivity contribution in [1.29, 1.82) is 5.26 Å². The van der Waals surface area contributed by atoms with Crippen molar-refractivity contribution < 1.29 is 4.74 Å². The fourth-order valence-corrected chi connectivity index (χ4v) is 1.99. The van der Waals surface area contributed by atoms with Crippen molar-refractivity contribution in [3.05, 3.63) is 29.3 Å². The molecule has 0 bridgehead atoms. The van der Waals surface area contributed by atoms with Crippen LogP contribution in [0.5, 0.6) is 5.75 Å². The van der Waals surface area contributed by atoms with E-state index >= 15 is 0 Å². The molecule has 19 heavy (non-hydrogen) atoms. The smallest absolute Gasteiger partial charge is 0.123 e. The van der Waals surface area contributed by atoms with Gasteiger partial charge in [0.05, 0.1) is 18.7 Å². The maximum absolute atomic E-state index is 8.97. The second-order valence-corrected chi connectivity index (χ2v) is 5.07. The summed E-state index contributed by atoms with van der Waals surface area (Å²) in [6.07, 6.45) is 0.704. The minimum atomic E-state index is -0.127. The van der Waals surface area contributed by atoms with Crippen LogP contribution in [-0.4, -0.2) is 19.2 Å². The fourth-order valence-electron chi connectivity index (χ4n) is 1.99. The highest BCUT2D eigenvalue weighted by atomic mass is 16.5. The molecule has 0 spiro atoms. The molecule has 3 nitrogen and oxygen atoms in total. The Morgan fingerprint density at radius 3 is 2.68 bits per heavy atom. The number of nitrogens with one attached hydrogen (secondary N) is 1. The molecule has 0 radical (unpaired) electrons. The summed E-state index contributed by atoms with van der Waals surface area (Å²) < 4.78 is 5.87. The number of nitrogens with zero attached hydrogens (tertiary/aromatic N) is 1. The van der Waals surface area contributed by atoms with Gasteiger partial charge in [-0.1, -0.05) is 32.9 Å². The lowest BCUT2D eigenvalue weighted by Gasteiger charge is -2.16. The van der Waals surface area contributed by atoms with Crippen LogP contribution in [0, 0.1) is 18.3 Å². The lowest BCUT2D eigenvalue weighted by atomic mass is 10.0. The van der Waals surface area contributed by atoms with Crippen LogP contribution in [-0.2, 0) is 0 Å². The molecule has 1 aromatic rings. The molecule has 0 fully saturated rings. The monoisotopic (exact) mass is 260 g/mol. The highest BCUT2D eigenvalue weighted by Gasteiger charge is 2.10. The summed E-state index contributed by atoms with van der Waals surface area (Å²) in [5.74, 6) is 1.39. The number of ether oxygens (including phenoxy) is 1. The van der Waals surface area contributed by atoms with E-state index in [1.165, 1.54) is 11.1 Å². The van der Waals surface area contributed by atoms with Gasteiger partial charge < -0.3 is 10.1 Å². The van der Waals surface area contributed by atoms with Crippen LogP contribution in [0.3, 0.4) is 0 Å². The minimum absolute atomic E-state index is 0.127. The lowest BCUT2D eigenvalue weighted by molar-refractivity contribution is 0.294. The molecule has 0 aliphatic heterocycles. The van der Waals surface area contributed by atoms with Crippen molar-refractivity contribution >= 4 is 0 Å². The van der Waals surface area contributed by atoms with Gasteiger partial charge in [0.2, 0.25) is 0 Å². The Morgan fingerprint density at radius 1 is 1.37 bits per heavy atom. The minimum Gasteiger partial charge on any atom is -0.493 e. The van der Waals surface area contributed by atoms with Gasteiger partial charge in [0, 0.05) is 6.42 Å². The quantitative estimate of drug-likeness (QED) is 0.817. The highest BCUT2D eigenvalue weighted by molar-refractivity contribution is 5.39. The third kappa shape index (κ3) is 4.92. The highest BCUT2D eigenvalue weighted by Crippen LogP contribution is 2.27. The molecular weight excluding hydrogens is 236 g/mol. The van der Waals surface area contributed by atoms with E-state index in [0.717, 1.165) is 12.3 Å². The number of benzene rings is 1. The Morgan fingerprint density at radius 2 is 2.11 bits per heavy atom. The standard InChI is InChI=1S/C16H24N2O/c1-5-18-14(11-17)8-9-19-16-10-13(4)6-7-15(16)12(2)3/h6-7,10,12,14,18H,5,8-9H2,1-4H3. The average molecular weight is 260 g/mol. The van der Waals surface area contributed by atoms with E-state index < -0.39 is 0 Å². The molecule has 1 rings (SSSR count). The van der Waals surface area contributed by atoms with E-state index in [4.69, 9.17) is 10.00 Å². The molecule has 0 aromatic heterocycles. The van der Waals surface area contributed by atoms with Gasteiger partial charge in [-0.3, -0.25) is 0 Å².